The van der Waals surface area contributed by atoms with Crippen molar-refractivity contribution >= 4 is 11.0 Å². The fraction of sp³-hybridized carbons (Fsp3) is 0.121. The number of fused-ring (bicyclic) bond motifs is 1. The van der Waals surface area contributed by atoms with Crippen molar-refractivity contribution in [2.24, 2.45) is 0 Å². The second-order valence-corrected chi connectivity index (χ2v) is 10.4. The maximum Gasteiger partial charge on any atom is 0.196 e. The minimum Gasteiger partial charge on any atom is -0.366 e. The predicted molar refractivity (Wildman–Crippen MR) is 154 cm³/mol. The Morgan fingerprint density at radius 1 is 0.763 bits per heavy atom. The molecule has 0 amide bonds. The molecule has 0 fully saturated rings. The Morgan fingerprint density at radius 3 is 2.29 bits per heavy atom. The Kier molecular flexibility index (Phi) is 5.76. The van der Waals surface area contributed by atoms with E-state index >= 15 is 0 Å². The minimum atomic E-state index is -0.301. The van der Waals surface area contributed by atoms with Gasteiger partial charge in [-0.1, -0.05) is 75.4 Å². The number of hydrogen-bond acceptors (Lipinski definition) is 3. The lowest BCUT2D eigenvalue weighted by molar-refractivity contribution is 0.583. The van der Waals surface area contributed by atoms with E-state index < -0.39 is 0 Å². The summed E-state index contributed by atoms with van der Waals surface area (Å²) in [6, 6.07) is 30.5. The molecule has 0 unspecified atom stereocenters. The molecule has 0 bridgehead atoms. The predicted octanol–water partition coefficient (Wildman–Crippen LogP) is 7.41. The topological polar surface area (TPSA) is 63.6 Å². The van der Waals surface area contributed by atoms with Gasteiger partial charge in [0.05, 0.1) is 22.3 Å². The maximum atomic E-state index is 13.8. The normalized spacial score (nSPS) is 11.7. The summed E-state index contributed by atoms with van der Waals surface area (Å²) in [5, 5.41) is 0. The number of nitrogens with one attached hydrogen (secondary N) is 1. The van der Waals surface area contributed by atoms with E-state index in [1.807, 2.05) is 81.4 Å². The van der Waals surface area contributed by atoms with E-state index in [0.717, 1.165) is 44.7 Å². The molecular weight excluding hydrogens is 468 g/mol. The van der Waals surface area contributed by atoms with Crippen LogP contribution in [0.4, 0.5) is 0 Å². The summed E-state index contributed by atoms with van der Waals surface area (Å²) in [5.41, 5.74) is 7.69. The van der Waals surface area contributed by atoms with E-state index in [0.29, 0.717) is 11.4 Å². The van der Waals surface area contributed by atoms with Crippen molar-refractivity contribution in [1.29, 1.82) is 0 Å². The molecule has 3 heterocycles. The van der Waals surface area contributed by atoms with Crippen LogP contribution < -0.4 is 5.43 Å². The molecule has 0 aliphatic carbocycles. The van der Waals surface area contributed by atoms with Crippen molar-refractivity contribution in [2.75, 3.05) is 0 Å². The molecule has 6 rings (SSSR count). The molecule has 5 heteroatoms. The summed E-state index contributed by atoms with van der Waals surface area (Å²) in [7, 11) is 0. The zero-order valence-electron chi connectivity index (χ0n) is 21.6. The van der Waals surface area contributed by atoms with Crippen LogP contribution in [0, 0.1) is 0 Å². The van der Waals surface area contributed by atoms with E-state index in [1.54, 1.807) is 18.6 Å². The Labute approximate surface area is 221 Å². The molecule has 0 spiro atoms. The molecule has 0 radical (unpaired) electrons. The second-order valence-electron chi connectivity index (χ2n) is 10.4. The van der Waals surface area contributed by atoms with Crippen molar-refractivity contribution in [1.82, 2.24) is 19.5 Å². The van der Waals surface area contributed by atoms with Crippen LogP contribution >= 0.6 is 0 Å². The van der Waals surface area contributed by atoms with Gasteiger partial charge in [0.15, 0.2) is 11.3 Å². The Morgan fingerprint density at radius 2 is 1.53 bits per heavy atom. The first kappa shape index (κ1) is 23.6. The molecule has 0 saturated carbocycles. The smallest absolute Gasteiger partial charge is 0.196 e. The highest BCUT2D eigenvalue weighted by atomic mass is 16.1. The van der Waals surface area contributed by atoms with Gasteiger partial charge in [0.25, 0.3) is 0 Å². The fourth-order valence-corrected chi connectivity index (χ4v) is 4.94. The van der Waals surface area contributed by atoms with E-state index in [-0.39, 0.29) is 10.8 Å². The summed E-state index contributed by atoms with van der Waals surface area (Å²) in [6.45, 7) is 6.15. The van der Waals surface area contributed by atoms with Gasteiger partial charge in [0.1, 0.15) is 0 Å². The monoisotopic (exact) mass is 496 g/mol. The number of aromatic amines is 1. The first-order chi connectivity index (χ1) is 18.4. The van der Waals surface area contributed by atoms with Gasteiger partial charge in [-0.25, -0.2) is 4.98 Å². The van der Waals surface area contributed by atoms with Gasteiger partial charge >= 0.3 is 0 Å². The van der Waals surface area contributed by atoms with Gasteiger partial charge in [-0.2, -0.15) is 0 Å². The third-order valence-corrected chi connectivity index (χ3v) is 6.83. The lowest BCUT2D eigenvalue weighted by Crippen LogP contribution is -2.24. The Balaban J connectivity index is 1.63. The van der Waals surface area contributed by atoms with Crippen LogP contribution in [0.1, 0.15) is 26.3 Å². The van der Waals surface area contributed by atoms with Crippen LogP contribution in [0.15, 0.2) is 114 Å². The number of nitrogens with zero attached hydrogens (tertiary/aromatic N) is 3. The van der Waals surface area contributed by atoms with Crippen molar-refractivity contribution in [2.45, 2.75) is 26.2 Å². The number of para-hydroxylation sites is 2. The SMILES string of the molecule is CC(C)(C)c1c[nH]cc(-c2nc3c(-c4cccc(-c5ccccn5)c4)cccc3n2-c2ccccc2)c1=O. The summed E-state index contributed by atoms with van der Waals surface area (Å²) < 4.78 is 2.08. The van der Waals surface area contributed by atoms with E-state index in [2.05, 4.69) is 44.9 Å². The summed E-state index contributed by atoms with van der Waals surface area (Å²) in [5.74, 6) is 0.617. The number of aromatic nitrogens is 4. The second kappa shape index (κ2) is 9.27. The van der Waals surface area contributed by atoms with Gasteiger partial charge in [-0.3, -0.25) is 14.3 Å². The van der Waals surface area contributed by atoms with Crippen LogP contribution in [0.25, 0.3) is 50.5 Å². The largest absolute Gasteiger partial charge is 0.366 e. The van der Waals surface area contributed by atoms with Crippen LogP contribution in [0.2, 0.25) is 0 Å². The van der Waals surface area contributed by atoms with Crippen LogP contribution in [-0.2, 0) is 5.41 Å². The number of rotatable bonds is 4. The molecule has 1 N–H and O–H groups in total. The van der Waals surface area contributed by atoms with Crippen molar-refractivity contribution < 1.29 is 0 Å². The third-order valence-electron chi connectivity index (χ3n) is 6.83. The number of pyridine rings is 2. The van der Waals surface area contributed by atoms with E-state index in [9.17, 15) is 4.79 Å². The first-order valence-corrected chi connectivity index (χ1v) is 12.7. The van der Waals surface area contributed by atoms with Gasteiger partial charge in [0.2, 0.25) is 0 Å². The van der Waals surface area contributed by atoms with Gasteiger partial charge in [-0.05, 0) is 47.4 Å². The zero-order chi connectivity index (χ0) is 26.3. The lowest BCUT2D eigenvalue weighted by atomic mass is 9.87. The van der Waals surface area contributed by atoms with Crippen LogP contribution in [-0.4, -0.2) is 19.5 Å². The van der Waals surface area contributed by atoms with Crippen molar-refractivity contribution in [3.8, 4) is 39.5 Å². The number of benzene rings is 3. The molecule has 5 nitrogen and oxygen atoms in total. The summed E-state index contributed by atoms with van der Waals surface area (Å²) in [6.07, 6.45) is 5.37. The zero-order valence-corrected chi connectivity index (χ0v) is 21.6. The van der Waals surface area contributed by atoms with Crippen LogP contribution in [0.3, 0.4) is 0 Å². The fourth-order valence-electron chi connectivity index (χ4n) is 4.94. The average molecular weight is 497 g/mol. The molecule has 0 aliphatic rings. The average Bonchev–Trinajstić information content (AvgIpc) is 3.33. The lowest BCUT2D eigenvalue weighted by Gasteiger charge is -2.18. The van der Waals surface area contributed by atoms with E-state index in [1.165, 1.54) is 0 Å². The number of imidazole rings is 1. The van der Waals surface area contributed by atoms with E-state index in [4.69, 9.17) is 4.98 Å². The van der Waals surface area contributed by atoms with Crippen LogP contribution in [0.5, 0.6) is 0 Å². The molecule has 3 aromatic carbocycles. The highest BCUT2D eigenvalue weighted by molar-refractivity contribution is 5.96. The molecule has 38 heavy (non-hydrogen) atoms. The maximum absolute atomic E-state index is 13.8. The molecule has 6 aromatic rings. The molecule has 0 atom stereocenters. The highest BCUT2D eigenvalue weighted by Crippen LogP contribution is 2.35. The molecule has 186 valence electrons. The Hall–Kier alpha value is -4.77. The molecule has 0 aliphatic heterocycles. The number of hydrogen-bond donors (Lipinski definition) is 1. The standard InChI is InChI=1S/C33H28N4O/c1-33(2,3)27-21-34-20-26(31(27)38)32-36-30-25(15-10-17-29(30)37(32)24-13-5-4-6-14-24)22-11-9-12-23(19-22)28-16-7-8-18-35-28/h4-21H,1-3H3,(H,34,38). The van der Waals surface area contributed by atoms with Gasteiger partial charge < -0.3 is 4.98 Å². The number of H-pyrrole nitrogens is 1. The van der Waals surface area contributed by atoms with Crippen molar-refractivity contribution in [3.05, 3.63) is 125 Å². The van der Waals surface area contributed by atoms with Gasteiger partial charge in [-0.15, -0.1) is 0 Å². The highest BCUT2D eigenvalue weighted by Gasteiger charge is 2.24. The third kappa shape index (κ3) is 4.12. The van der Waals surface area contributed by atoms with Crippen molar-refractivity contribution in [3.63, 3.8) is 0 Å². The quantitative estimate of drug-likeness (QED) is 0.276. The first-order valence-electron chi connectivity index (χ1n) is 12.7. The minimum absolute atomic E-state index is 0.0116. The molecule has 3 aromatic heterocycles. The Bertz CT molecular complexity index is 1810. The van der Waals surface area contributed by atoms with Gasteiger partial charge in [0, 0.05) is 41.0 Å². The summed E-state index contributed by atoms with van der Waals surface area (Å²) in [4.78, 5) is 26.6. The summed E-state index contributed by atoms with van der Waals surface area (Å²) >= 11 is 0. The molecular formula is C33H28N4O. The molecule has 0 saturated heterocycles.